The van der Waals surface area contributed by atoms with Crippen molar-refractivity contribution in [3.8, 4) is 0 Å². The molecule has 0 bridgehead atoms. The van der Waals surface area contributed by atoms with Crippen LogP contribution in [0, 0.1) is 0 Å². The van der Waals surface area contributed by atoms with Crippen molar-refractivity contribution in [1.82, 2.24) is 10.2 Å². The summed E-state index contributed by atoms with van der Waals surface area (Å²) in [6, 6.07) is 13.8. The van der Waals surface area contributed by atoms with E-state index in [9.17, 15) is 9.59 Å². The van der Waals surface area contributed by atoms with E-state index in [1.54, 1.807) is 25.1 Å². The van der Waals surface area contributed by atoms with Gasteiger partial charge in [0.1, 0.15) is 5.54 Å². The number of carbonyl (C=O) groups excluding carboxylic acids is 2. The molecule has 2 aromatic carbocycles. The van der Waals surface area contributed by atoms with Crippen molar-refractivity contribution in [3.63, 3.8) is 0 Å². The number of nitrogens with one attached hydrogen (secondary N) is 1. The number of amides is 3. The zero-order valence-corrected chi connectivity index (χ0v) is 13.9. The number of hydrogen-bond acceptors (Lipinski definition) is 2. The van der Waals surface area contributed by atoms with Gasteiger partial charge in [-0.1, -0.05) is 59.6 Å². The Labute approximate surface area is 144 Å². The molecule has 1 fully saturated rings. The molecule has 1 heterocycles. The van der Waals surface area contributed by atoms with Crippen molar-refractivity contribution in [2.75, 3.05) is 0 Å². The molecule has 4 nitrogen and oxygen atoms in total. The van der Waals surface area contributed by atoms with E-state index < -0.39 is 11.6 Å². The van der Waals surface area contributed by atoms with Crippen LogP contribution in [0.15, 0.2) is 48.5 Å². The van der Waals surface area contributed by atoms with Crippen LogP contribution < -0.4 is 5.32 Å². The van der Waals surface area contributed by atoms with Gasteiger partial charge in [0.15, 0.2) is 0 Å². The summed E-state index contributed by atoms with van der Waals surface area (Å²) in [6.07, 6.45) is 0. The van der Waals surface area contributed by atoms with Crippen molar-refractivity contribution in [2.24, 2.45) is 0 Å². The van der Waals surface area contributed by atoms with E-state index in [1.165, 1.54) is 4.90 Å². The largest absolute Gasteiger partial charge is 0.325 e. The quantitative estimate of drug-likeness (QED) is 0.853. The van der Waals surface area contributed by atoms with Gasteiger partial charge in [0.05, 0.1) is 16.6 Å². The molecule has 23 heavy (non-hydrogen) atoms. The van der Waals surface area contributed by atoms with Crippen LogP contribution in [0.2, 0.25) is 10.0 Å². The van der Waals surface area contributed by atoms with Crippen LogP contribution >= 0.6 is 23.2 Å². The third-order valence-electron chi connectivity index (χ3n) is 3.95. The number of urea groups is 1. The smallest absolute Gasteiger partial charge is 0.319 e. The van der Waals surface area contributed by atoms with Gasteiger partial charge in [-0.2, -0.15) is 0 Å². The molecule has 1 saturated heterocycles. The first kappa shape index (κ1) is 15.8. The van der Waals surface area contributed by atoms with Gasteiger partial charge in [-0.05, 0) is 30.2 Å². The van der Waals surface area contributed by atoms with E-state index in [2.05, 4.69) is 5.32 Å². The maximum Gasteiger partial charge on any atom is 0.325 e. The lowest BCUT2D eigenvalue weighted by Gasteiger charge is -2.22. The summed E-state index contributed by atoms with van der Waals surface area (Å²) >= 11 is 11.9. The second kappa shape index (κ2) is 5.87. The lowest BCUT2D eigenvalue weighted by molar-refractivity contribution is -0.131. The maximum absolute atomic E-state index is 12.8. The first-order chi connectivity index (χ1) is 10.9. The molecule has 0 saturated carbocycles. The number of imide groups is 1. The van der Waals surface area contributed by atoms with Gasteiger partial charge >= 0.3 is 6.03 Å². The zero-order chi connectivity index (χ0) is 16.6. The Morgan fingerprint density at radius 3 is 2.39 bits per heavy atom. The van der Waals surface area contributed by atoms with Crippen LogP contribution in [-0.2, 0) is 16.9 Å². The van der Waals surface area contributed by atoms with Crippen molar-refractivity contribution in [1.29, 1.82) is 0 Å². The predicted molar refractivity (Wildman–Crippen MR) is 89.3 cm³/mol. The molecular weight excluding hydrogens is 335 g/mol. The molecule has 0 spiro atoms. The third kappa shape index (κ3) is 2.80. The fourth-order valence-corrected chi connectivity index (χ4v) is 2.95. The number of carbonyl (C=O) groups is 2. The van der Waals surface area contributed by atoms with Crippen molar-refractivity contribution < 1.29 is 9.59 Å². The molecule has 0 radical (unpaired) electrons. The molecule has 2 aromatic rings. The Hall–Kier alpha value is -2.04. The molecule has 118 valence electrons. The highest BCUT2D eigenvalue weighted by Crippen LogP contribution is 2.30. The van der Waals surface area contributed by atoms with Crippen LogP contribution in [-0.4, -0.2) is 16.8 Å². The zero-order valence-electron chi connectivity index (χ0n) is 12.3. The molecule has 6 heteroatoms. The van der Waals surface area contributed by atoms with E-state index in [1.807, 2.05) is 30.3 Å². The SMILES string of the molecule is C[C@]1(c2ccccc2)NC(=O)N(Cc2ccc(Cl)c(Cl)c2)C1=O. The average molecular weight is 349 g/mol. The van der Waals surface area contributed by atoms with Gasteiger partial charge in [-0.25, -0.2) is 4.79 Å². The Balaban J connectivity index is 1.88. The van der Waals surface area contributed by atoms with Crippen LogP contribution in [0.3, 0.4) is 0 Å². The monoisotopic (exact) mass is 348 g/mol. The molecule has 0 aliphatic carbocycles. The highest BCUT2D eigenvalue weighted by atomic mass is 35.5. The lowest BCUT2D eigenvalue weighted by Crippen LogP contribution is -2.40. The number of hydrogen-bond donors (Lipinski definition) is 1. The second-order valence-corrected chi connectivity index (χ2v) is 6.38. The molecule has 1 aliphatic heterocycles. The van der Waals surface area contributed by atoms with Crippen molar-refractivity contribution >= 4 is 35.1 Å². The molecule has 3 rings (SSSR count). The summed E-state index contributed by atoms with van der Waals surface area (Å²) in [6.45, 7) is 1.85. The number of nitrogens with zero attached hydrogens (tertiary/aromatic N) is 1. The number of halogens is 2. The summed E-state index contributed by atoms with van der Waals surface area (Å²) in [5.41, 5.74) is 0.421. The van der Waals surface area contributed by atoms with Crippen LogP contribution in [0.25, 0.3) is 0 Å². The van der Waals surface area contributed by atoms with Gasteiger partial charge < -0.3 is 5.32 Å². The third-order valence-corrected chi connectivity index (χ3v) is 4.69. The molecular formula is C17H14Cl2N2O2. The molecule has 1 atom stereocenters. The van der Waals surface area contributed by atoms with E-state index in [-0.39, 0.29) is 12.5 Å². The molecule has 0 aromatic heterocycles. The Morgan fingerprint density at radius 2 is 1.74 bits per heavy atom. The van der Waals surface area contributed by atoms with Crippen molar-refractivity contribution in [3.05, 3.63) is 69.7 Å². The van der Waals surface area contributed by atoms with Crippen LogP contribution in [0.1, 0.15) is 18.1 Å². The number of benzene rings is 2. The highest BCUT2D eigenvalue weighted by molar-refractivity contribution is 6.42. The van der Waals surface area contributed by atoms with Crippen LogP contribution in [0.5, 0.6) is 0 Å². The topological polar surface area (TPSA) is 49.4 Å². The minimum Gasteiger partial charge on any atom is -0.319 e. The van der Waals surface area contributed by atoms with Gasteiger partial charge in [0.2, 0.25) is 0 Å². The van der Waals surface area contributed by atoms with Gasteiger partial charge in [-0.15, -0.1) is 0 Å². The second-order valence-electron chi connectivity index (χ2n) is 5.56. The van der Waals surface area contributed by atoms with Crippen molar-refractivity contribution in [2.45, 2.75) is 19.0 Å². The molecule has 0 unspecified atom stereocenters. The lowest BCUT2D eigenvalue weighted by atomic mass is 9.92. The summed E-state index contributed by atoms with van der Waals surface area (Å²) in [5, 5.41) is 3.59. The first-order valence-electron chi connectivity index (χ1n) is 7.05. The summed E-state index contributed by atoms with van der Waals surface area (Å²) < 4.78 is 0. The fourth-order valence-electron chi connectivity index (χ4n) is 2.63. The highest BCUT2D eigenvalue weighted by Gasteiger charge is 2.48. The van der Waals surface area contributed by atoms with Gasteiger partial charge in [0, 0.05) is 0 Å². The summed E-state index contributed by atoms with van der Waals surface area (Å²) in [4.78, 5) is 26.2. The number of rotatable bonds is 3. The average Bonchev–Trinajstić information content (AvgIpc) is 2.76. The van der Waals surface area contributed by atoms with E-state index >= 15 is 0 Å². The normalized spacial score (nSPS) is 20.7. The molecule has 1 aliphatic rings. The van der Waals surface area contributed by atoms with Gasteiger partial charge in [-0.3, -0.25) is 9.69 Å². The Bertz CT molecular complexity index is 779. The van der Waals surface area contributed by atoms with E-state index in [0.717, 1.165) is 11.1 Å². The Kier molecular flexibility index (Phi) is 4.04. The predicted octanol–water partition coefficient (Wildman–Crippen LogP) is 3.96. The summed E-state index contributed by atoms with van der Waals surface area (Å²) in [5.74, 6) is -0.292. The van der Waals surface area contributed by atoms with E-state index in [0.29, 0.717) is 10.0 Å². The van der Waals surface area contributed by atoms with E-state index in [4.69, 9.17) is 23.2 Å². The first-order valence-corrected chi connectivity index (χ1v) is 7.81. The minimum absolute atomic E-state index is 0.143. The van der Waals surface area contributed by atoms with Gasteiger partial charge in [0.25, 0.3) is 5.91 Å². The molecule has 1 N–H and O–H groups in total. The standard InChI is InChI=1S/C17H14Cl2N2O2/c1-17(12-5-3-2-4-6-12)15(22)21(16(23)20-17)10-11-7-8-13(18)14(19)9-11/h2-9H,10H2,1H3,(H,20,23)/t17-/m1/s1. The Morgan fingerprint density at radius 1 is 1.04 bits per heavy atom. The maximum atomic E-state index is 12.8. The van der Waals surface area contributed by atoms with Crippen LogP contribution in [0.4, 0.5) is 4.79 Å². The molecule has 3 amide bonds. The summed E-state index contributed by atoms with van der Waals surface area (Å²) in [7, 11) is 0. The minimum atomic E-state index is -1.06. The fraction of sp³-hybridized carbons (Fsp3) is 0.176.